The SMILES string of the molecule is CCCCC/C=C\C/C=C\C/C=C\C/C=C\CC(CC(=O)NC(CO)C(O)CCCCCCCCCCCCCCCCC)OC(=O)CCCCCCCCCCCCCCCCCCC. The maximum absolute atomic E-state index is 13.2. The van der Waals surface area contributed by atoms with Crippen molar-refractivity contribution in [1.29, 1.82) is 0 Å². The third-order valence-electron chi connectivity index (χ3n) is 13.2. The van der Waals surface area contributed by atoms with E-state index in [1.165, 1.54) is 193 Å². The number of carbonyl (C=O) groups is 2. The molecule has 0 aromatic rings. The molecule has 66 heavy (non-hydrogen) atoms. The Labute approximate surface area is 410 Å². The molecule has 3 N–H and O–H groups in total. The lowest BCUT2D eigenvalue weighted by molar-refractivity contribution is -0.150. The van der Waals surface area contributed by atoms with Gasteiger partial charge in [0.25, 0.3) is 0 Å². The highest BCUT2D eigenvalue weighted by Gasteiger charge is 2.23. The van der Waals surface area contributed by atoms with Crippen LogP contribution in [0.15, 0.2) is 48.6 Å². The summed E-state index contributed by atoms with van der Waals surface area (Å²) in [6.45, 7) is 6.46. The lowest BCUT2D eigenvalue weighted by Crippen LogP contribution is -2.46. The third kappa shape index (κ3) is 48.3. The van der Waals surface area contributed by atoms with Crippen molar-refractivity contribution in [2.45, 2.75) is 315 Å². The Bertz CT molecular complexity index is 1130. The molecule has 3 atom stereocenters. The number of hydrogen-bond acceptors (Lipinski definition) is 5. The third-order valence-corrected chi connectivity index (χ3v) is 13.2. The first-order chi connectivity index (χ1) is 32.5. The van der Waals surface area contributed by atoms with E-state index in [1.807, 2.05) is 6.08 Å². The normalized spacial score (nSPS) is 13.5. The molecule has 1 amide bonds. The maximum Gasteiger partial charge on any atom is 0.306 e. The van der Waals surface area contributed by atoms with E-state index in [0.29, 0.717) is 19.3 Å². The summed E-state index contributed by atoms with van der Waals surface area (Å²) < 4.78 is 5.90. The van der Waals surface area contributed by atoms with Crippen molar-refractivity contribution in [2.75, 3.05) is 6.61 Å². The van der Waals surface area contributed by atoms with Crippen LogP contribution in [-0.2, 0) is 14.3 Å². The van der Waals surface area contributed by atoms with Crippen molar-refractivity contribution in [3.63, 3.8) is 0 Å². The summed E-state index contributed by atoms with van der Waals surface area (Å²) in [7, 11) is 0. The largest absolute Gasteiger partial charge is 0.461 e. The fourth-order valence-electron chi connectivity index (χ4n) is 8.77. The van der Waals surface area contributed by atoms with Crippen molar-refractivity contribution in [3.05, 3.63) is 48.6 Å². The van der Waals surface area contributed by atoms with Crippen LogP contribution in [0.1, 0.15) is 297 Å². The monoisotopic (exact) mass is 926 g/mol. The van der Waals surface area contributed by atoms with E-state index in [1.54, 1.807) is 0 Å². The molecule has 0 aliphatic carbocycles. The first kappa shape index (κ1) is 63.8. The highest BCUT2D eigenvalue weighted by molar-refractivity contribution is 5.77. The van der Waals surface area contributed by atoms with E-state index in [0.717, 1.165) is 57.8 Å². The van der Waals surface area contributed by atoms with Crippen LogP contribution in [0.4, 0.5) is 0 Å². The van der Waals surface area contributed by atoms with Crippen molar-refractivity contribution in [2.24, 2.45) is 0 Å². The van der Waals surface area contributed by atoms with Gasteiger partial charge in [-0.05, 0) is 44.9 Å². The van der Waals surface area contributed by atoms with E-state index < -0.39 is 18.2 Å². The number of aliphatic hydroxyl groups is 2. The number of unbranched alkanes of at least 4 members (excludes halogenated alkanes) is 33. The Morgan fingerprint density at radius 2 is 0.803 bits per heavy atom. The summed E-state index contributed by atoms with van der Waals surface area (Å²) in [5.74, 6) is -0.562. The number of nitrogens with one attached hydrogen (secondary N) is 1. The molecule has 0 radical (unpaired) electrons. The Morgan fingerprint density at radius 3 is 1.21 bits per heavy atom. The van der Waals surface area contributed by atoms with Crippen LogP contribution in [0.2, 0.25) is 0 Å². The zero-order valence-electron chi connectivity index (χ0n) is 44.1. The molecule has 0 aromatic carbocycles. The average Bonchev–Trinajstić information content (AvgIpc) is 3.31. The van der Waals surface area contributed by atoms with Crippen LogP contribution in [0.3, 0.4) is 0 Å². The van der Waals surface area contributed by atoms with E-state index in [9.17, 15) is 19.8 Å². The number of aliphatic hydroxyl groups excluding tert-OH is 2. The summed E-state index contributed by atoms with van der Waals surface area (Å²) in [6.07, 6.45) is 66.2. The molecule has 3 unspecified atom stereocenters. The van der Waals surface area contributed by atoms with Gasteiger partial charge in [-0.1, -0.05) is 281 Å². The number of ether oxygens (including phenoxy) is 1. The molecule has 0 fully saturated rings. The summed E-state index contributed by atoms with van der Waals surface area (Å²) >= 11 is 0. The minimum absolute atomic E-state index is 0.00495. The van der Waals surface area contributed by atoms with Gasteiger partial charge in [0.15, 0.2) is 0 Å². The number of rotatable bonds is 52. The van der Waals surface area contributed by atoms with Crippen LogP contribution >= 0.6 is 0 Å². The van der Waals surface area contributed by atoms with Gasteiger partial charge < -0.3 is 20.3 Å². The zero-order chi connectivity index (χ0) is 48.1. The van der Waals surface area contributed by atoms with E-state index in [-0.39, 0.29) is 24.9 Å². The highest BCUT2D eigenvalue weighted by atomic mass is 16.5. The quantitative estimate of drug-likeness (QED) is 0.0321. The van der Waals surface area contributed by atoms with E-state index in [4.69, 9.17) is 4.74 Å². The van der Waals surface area contributed by atoms with Crippen LogP contribution in [0, 0.1) is 0 Å². The van der Waals surface area contributed by atoms with Gasteiger partial charge in [0.2, 0.25) is 5.91 Å². The number of hydrogen-bond donors (Lipinski definition) is 3. The predicted molar refractivity (Wildman–Crippen MR) is 287 cm³/mol. The number of allylic oxidation sites excluding steroid dienone is 7. The van der Waals surface area contributed by atoms with Crippen LogP contribution in [0.25, 0.3) is 0 Å². The zero-order valence-corrected chi connectivity index (χ0v) is 44.1. The molecule has 6 nitrogen and oxygen atoms in total. The molecule has 0 saturated carbocycles. The van der Waals surface area contributed by atoms with Gasteiger partial charge in [0.05, 0.1) is 25.2 Å². The van der Waals surface area contributed by atoms with E-state index in [2.05, 4.69) is 68.6 Å². The molecule has 386 valence electrons. The lowest BCUT2D eigenvalue weighted by atomic mass is 10.0. The van der Waals surface area contributed by atoms with Gasteiger partial charge in [-0.15, -0.1) is 0 Å². The summed E-state index contributed by atoms with van der Waals surface area (Å²) in [6, 6.07) is -0.730. The minimum Gasteiger partial charge on any atom is -0.461 e. The highest BCUT2D eigenvalue weighted by Crippen LogP contribution is 2.18. The molecule has 0 bridgehead atoms. The minimum atomic E-state index is -0.810. The Balaban J connectivity index is 4.62. The molecular formula is C60H111NO5. The van der Waals surface area contributed by atoms with Gasteiger partial charge in [0.1, 0.15) is 6.10 Å². The molecule has 0 rings (SSSR count). The Morgan fingerprint density at radius 1 is 0.455 bits per heavy atom. The summed E-state index contributed by atoms with van der Waals surface area (Å²) in [4.78, 5) is 26.2. The molecule has 0 aromatic heterocycles. The van der Waals surface area contributed by atoms with Crippen LogP contribution < -0.4 is 5.32 Å². The standard InChI is InChI=1S/C60H111NO5/c1-4-7-10-13-16-19-22-25-28-29-32-35-38-41-44-47-50-53-60(65)66-56(51-48-45-42-39-36-33-30-26-23-20-17-14-11-8-5-2)54-59(64)61-57(55-62)58(63)52-49-46-43-40-37-34-31-27-24-21-18-15-12-9-6-3/h17,20,26,30,36,39,45,48,56-58,62-63H,4-16,18-19,21-25,27-29,31-35,37-38,40-44,46-47,49-55H2,1-3H3,(H,61,64)/b20-17-,30-26-,39-36-,48-45-. The number of esters is 1. The van der Waals surface area contributed by atoms with Crippen molar-refractivity contribution in [1.82, 2.24) is 5.32 Å². The molecule has 0 aliphatic heterocycles. The second-order valence-corrected chi connectivity index (χ2v) is 19.7. The second kappa shape index (κ2) is 53.8. The molecular weight excluding hydrogens is 815 g/mol. The number of amides is 1. The Hall–Kier alpha value is -2.18. The van der Waals surface area contributed by atoms with Gasteiger partial charge in [-0.2, -0.15) is 0 Å². The van der Waals surface area contributed by atoms with Crippen molar-refractivity contribution < 1.29 is 24.5 Å². The van der Waals surface area contributed by atoms with Crippen LogP contribution in [-0.4, -0.2) is 46.9 Å². The molecule has 0 heterocycles. The predicted octanol–water partition coefficient (Wildman–Crippen LogP) is 17.8. The second-order valence-electron chi connectivity index (χ2n) is 19.7. The van der Waals surface area contributed by atoms with Crippen molar-refractivity contribution >= 4 is 11.9 Å². The average molecular weight is 927 g/mol. The van der Waals surface area contributed by atoms with Gasteiger partial charge in [-0.3, -0.25) is 9.59 Å². The van der Waals surface area contributed by atoms with Gasteiger partial charge in [0, 0.05) is 12.8 Å². The lowest BCUT2D eigenvalue weighted by Gasteiger charge is -2.24. The fourth-order valence-corrected chi connectivity index (χ4v) is 8.77. The topological polar surface area (TPSA) is 95.9 Å². The van der Waals surface area contributed by atoms with Crippen LogP contribution in [0.5, 0.6) is 0 Å². The smallest absolute Gasteiger partial charge is 0.306 e. The molecule has 6 heteroatoms. The Kier molecular flexibility index (Phi) is 52.0. The summed E-state index contributed by atoms with van der Waals surface area (Å²) in [5, 5.41) is 23.8. The van der Waals surface area contributed by atoms with Gasteiger partial charge >= 0.3 is 5.97 Å². The van der Waals surface area contributed by atoms with Gasteiger partial charge in [-0.25, -0.2) is 0 Å². The first-order valence-corrected chi connectivity index (χ1v) is 28.9. The van der Waals surface area contributed by atoms with Crippen molar-refractivity contribution in [3.8, 4) is 0 Å². The van der Waals surface area contributed by atoms with E-state index >= 15 is 0 Å². The summed E-state index contributed by atoms with van der Waals surface area (Å²) in [5.41, 5.74) is 0. The molecule has 0 saturated heterocycles. The maximum atomic E-state index is 13.2. The molecule has 0 spiro atoms. The number of carbonyl (C=O) groups excluding carboxylic acids is 2. The first-order valence-electron chi connectivity index (χ1n) is 28.9. The molecule has 0 aliphatic rings. The fraction of sp³-hybridized carbons (Fsp3) is 0.833.